The Kier molecular flexibility index (Phi) is 3.66. The van der Waals surface area contributed by atoms with Gasteiger partial charge in [0.25, 0.3) is 0 Å². The molecule has 0 saturated carbocycles. The standard InChI is InChI=1S/C17H19N3O2/c1-17(2,3)12-7-14-15(19-9-12)20-16(22-14)13-5-6-18-8-11(13)10-21-4/h5-9H,10H2,1-4H3. The average molecular weight is 297 g/mol. The number of aromatic nitrogens is 3. The van der Waals surface area contributed by atoms with Crippen molar-refractivity contribution in [3.8, 4) is 11.5 Å². The second-order valence-electron chi connectivity index (χ2n) is 6.28. The van der Waals surface area contributed by atoms with Gasteiger partial charge in [-0.3, -0.25) is 4.98 Å². The Morgan fingerprint density at radius 2 is 2.05 bits per heavy atom. The van der Waals surface area contributed by atoms with Crippen LogP contribution in [0, 0.1) is 0 Å². The minimum atomic E-state index is 0.0199. The van der Waals surface area contributed by atoms with Crippen LogP contribution >= 0.6 is 0 Å². The van der Waals surface area contributed by atoms with Gasteiger partial charge in [0.15, 0.2) is 11.2 Å². The van der Waals surface area contributed by atoms with Gasteiger partial charge in [-0.2, -0.15) is 4.98 Å². The first-order valence-electron chi connectivity index (χ1n) is 7.18. The number of methoxy groups -OCH3 is 1. The maximum atomic E-state index is 5.92. The zero-order chi connectivity index (χ0) is 15.7. The third kappa shape index (κ3) is 2.72. The second kappa shape index (κ2) is 5.50. The van der Waals surface area contributed by atoms with Crippen molar-refractivity contribution in [2.75, 3.05) is 7.11 Å². The van der Waals surface area contributed by atoms with Gasteiger partial charge in [-0.25, -0.2) is 4.98 Å². The van der Waals surface area contributed by atoms with Gasteiger partial charge in [-0.1, -0.05) is 20.8 Å². The van der Waals surface area contributed by atoms with Gasteiger partial charge in [0.1, 0.15) is 0 Å². The number of fused-ring (bicyclic) bond motifs is 1. The molecule has 0 spiro atoms. The molecular formula is C17H19N3O2. The topological polar surface area (TPSA) is 61.0 Å². The van der Waals surface area contributed by atoms with Crippen LogP contribution in [0.25, 0.3) is 22.7 Å². The predicted octanol–water partition coefficient (Wildman–Crippen LogP) is 3.73. The zero-order valence-electron chi connectivity index (χ0n) is 13.3. The van der Waals surface area contributed by atoms with Crippen molar-refractivity contribution in [2.24, 2.45) is 0 Å². The summed E-state index contributed by atoms with van der Waals surface area (Å²) >= 11 is 0. The highest BCUT2D eigenvalue weighted by atomic mass is 16.5. The largest absolute Gasteiger partial charge is 0.434 e. The van der Waals surface area contributed by atoms with E-state index < -0.39 is 0 Å². The fourth-order valence-electron chi connectivity index (χ4n) is 2.25. The van der Waals surface area contributed by atoms with Crippen LogP contribution in [0.15, 0.2) is 35.1 Å². The van der Waals surface area contributed by atoms with E-state index in [1.165, 1.54) is 0 Å². The van der Waals surface area contributed by atoms with Crippen molar-refractivity contribution < 1.29 is 9.15 Å². The average Bonchev–Trinajstić information content (AvgIpc) is 2.90. The number of rotatable bonds is 3. The number of nitrogens with zero attached hydrogens (tertiary/aromatic N) is 3. The molecule has 0 unspecified atom stereocenters. The molecule has 0 radical (unpaired) electrons. The normalized spacial score (nSPS) is 12.0. The summed E-state index contributed by atoms with van der Waals surface area (Å²) in [6.45, 7) is 6.90. The minimum Gasteiger partial charge on any atom is -0.434 e. The van der Waals surface area contributed by atoms with Crippen molar-refractivity contribution in [3.63, 3.8) is 0 Å². The lowest BCUT2D eigenvalue weighted by atomic mass is 9.88. The zero-order valence-corrected chi connectivity index (χ0v) is 13.3. The molecule has 0 aliphatic rings. The Morgan fingerprint density at radius 1 is 1.23 bits per heavy atom. The summed E-state index contributed by atoms with van der Waals surface area (Å²) in [4.78, 5) is 13.0. The van der Waals surface area contributed by atoms with Crippen LogP contribution < -0.4 is 0 Å². The molecule has 3 rings (SSSR count). The summed E-state index contributed by atoms with van der Waals surface area (Å²) in [7, 11) is 1.65. The first kappa shape index (κ1) is 14.7. The van der Waals surface area contributed by atoms with Crippen molar-refractivity contribution in [1.82, 2.24) is 15.0 Å². The molecule has 0 saturated heterocycles. The molecular weight excluding hydrogens is 278 g/mol. The molecule has 0 aliphatic heterocycles. The first-order chi connectivity index (χ1) is 10.5. The predicted molar refractivity (Wildman–Crippen MR) is 84.4 cm³/mol. The number of hydrogen-bond acceptors (Lipinski definition) is 5. The van der Waals surface area contributed by atoms with E-state index in [4.69, 9.17) is 9.15 Å². The molecule has 0 aromatic carbocycles. The minimum absolute atomic E-state index is 0.0199. The fraction of sp³-hybridized carbons (Fsp3) is 0.353. The monoisotopic (exact) mass is 297 g/mol. The quantitative estimate of drug-likeness (QED) is 0.737. The molecule has 3 aromatic heterocycles. The van der Waals surface area contributed by atoms with E-state index in [0.29, 0.717) is 23.7 Å². The molecule has 5 nitrogen and oxygen atoms in total. The Morgan fingerprint density at radius 3 is 2.77 bits per heavy atom. The van der Waals surface area contributed by atoms with Crippen LogP contribution in [0.4, 0.5) is 0 Å². The highest BCUT2D eigenvalue weighted by Crippen LogP contribution is 2.29. The molecule has 0 amide bonds. The molecule has 0 N–H and O–H groups in total. The Bertz CT molecular complexity index is 803. The lowest BCUT2D eigenvalue weighted by Gasteiger charge is -2.17. The van der Waals surface area contributed by atoms with Crippen LogP contribution in [0.3, 0.4) is 0 Å². The van der Waals surface area contributed by atoms with E-state index in [2.05, 4.69) is 35.7 Å². The highest BCUT2D eigenvalue weighted by Gasteiger charge is 2.18. The van der Waals surface area contributed by atoms with E-state index in [-0.39, 0.29) is 5.41 Å². The molecule has 5 heteroatoms. The number of pyridine rings is 2. The Labute approximate surface area is 129 Å². The summed E-state index contributed by atoms with van der Waals surface area (Å²) in [6, 6.07) is 3.89. The van der Waals surface area contributed by atoms with Crippen LogP contribution in [-0.2, 0) is 16.8 Å². The SMILES string of the molecule is COCc1cnccc1-c1nc2ncc(C(C)(C)C)cc2o1. The van der Waals surface area contributed by atoms with Crippen LogP contribution in [0.5, 0.6) is 0 Å². The lowest BCUT2D eigenvalue weighted by molar-refractivity contribution is 0.185. The fourth-order valence-corrected chi connectivity index (χ4v) is 2.25. The van der Waals surface area contributed by atoms with Gasteiger partial charge in [-0.05, 0) is 23.1 Å². The van der Waals surface area contributed by atoms with E-state index in [1.54, 1.807) is 19.5 Å². The van der Waals surface area contributed by atoms with E-state index in [9.17, 15) is 0 Å². The molecule has 3 heterocycles. The second-order valence-corrected chi connectivity index (χ2v) is 6.28. The van der Waals surface area contributed by atoms with Gasteiger partial charge >= 0.3 is 0 Å². The summed E-state index contributed by atoms with van der Waals surface area (Å²) in [6.07, 6.45) is 5.34. The molecule has 3 aromatic rings. The first-order valence-corrected chi connectivity index (χ1v) is 7.18. The van der Waals surface area contributed by atoms with Gasteiger partial charge in [0, 0.05) is 36.8 Å². The smallest absolute Gasteiger partial charge is 0.229 e. The molecule has 0 aliphatic carbocycles. The lowest BCUT2D eigenvalue weighted by Crippen LogP contribution is -2.11. The molecule has 0 fully saturated rings. The van der Waals surface area contributed by atoms with Crippen LogP contribution in [0.2, 0.25) is 0 Å². The summed E-state index contributed by atoms with van der Waals surface area (Å²) < 4.78 is 11.1. The van der Waals surface area contributed by atoms with Gasteiger partial charge < -0.3 is 9.15 Å². The summed E-state index contributed by atoms with van der Waals surface area (Å²) in [5.41, 5.74) is 4.27. The number of hydrogen-bond donors (Lipinski definition) is 0. The molecule has 0 atom stereocenters. The van der Waals surface area contributed by atoms with Gasteiger partial charge in [-0.15, -0.1) is 0 Å². The Hall–Kier alpha value is -2.27. The maximum Gasteiger partial charge on any atom is 0.229 e. The number of ether oxygens (including phenoxy) is 1. The van der Waals surface area contributed by atoms with Gasteiger partial charge in [0.2, 0.25) is 5.89 Å². The van der Waals surface area contributed by atoms with E-state index in [0.717, 1.165) is 16.7 Å². The highest BCUT2D eigenvalue weighted by molar-refractivity contribution is 5.73. The van der Waals surface area contributed by atoms with E-state index in [1.807, 2.05) is 18.3 Å². The molecule has 0 bridgehead atoms. The third-order valence-corrected chi connectivity index (χ3v) is 3.55. The van der Waals surface area contributed by atoms with Crippen molar-refractivity contribution >= 4 is 11.2 Å². The summed E-state index contributed by atoms with van der Waals surface area (Å²) in [5, 5.41) is 0. The van der Waals surface area contributed by atoms with Crippen LogP contribution in [0.1, 0.15) is 31.9 Å². The van der Waals surface area contributed by atoms with Crippen molar-refractivity contribution in [3.05, 3.63) is 41.9 Å². The van der Waals surface area contributed by atoms with Crippen LogP contribution in [-0.4, -0.2) is 22.1 Å². The summed E-state index contributed by atoms with van der Waals surface area (Å²) in [5.74, 6) is 0.544. The van der Waals surface area contributed by atoms with Crippen molar-refractivity contribution in [2.45, 2.75) is 32.8 Å². The molecule has 114 valence electrons. The number of oxazole rings is 1. The van der Waals surface area contributed by atoms with Gasteiger partial charge in [0.05, 0.1) is 6.61 Å². The maximum absolute atomic E-state index is 5.92. The third-order valence-electron chi connectivity index (χ3n) is 3.55. The molecule has 22 heavy (non-hydrogen) atoms. The van der Waals surface area contributed by atoms with Crippen molar-refractivity contribution in [1.29, 1.82) is 0 Å². The Balaban J connectivity index is 2.09. The van der Waals surface area contributed by atoms with E-state index >= 15 is 0 Å².